The summed E-state index contributed by atoms with van der Waals surface area (Å²) in [6.07, 6.45) is 1.28. The van der Waals surface area contributed by atoms with Crippen molar-refractivity contribution in [2.45, 2.75) is 40.2 Å². The highest BCUT2D eigenvalue weighted by atomic mass is 16.5. The number of ether oxygens (including phenoxy) is 1. The summed E-state index contributed by atoms with van der Waals surface area (Å²) in [5, 5.41) is 0. The van der Waals surface area contributed by atoms with Crippen LogP contribution < -0.4 is 0 Å². The lowest BCUT2D eigenvalue weighted by molar-refractivity contribution is -0.133. The van der Waals surface area contributed by atoms with Gasteiger partial charge in [-0.3, -0.25) is 4.79 Å². The van der Waals surface area contributed by atoms with Gasteiger partial charge in [-0.05, 0) is 12.3 Å². The Balaban J connectivity index is 0.000000791. The molecule has 1 aliphatic rings. The lowest BCUT2D eigenvalue weighted by Crippen LogP contribution is -2.45. The molecular formula is C11H23NO2. The monoisotopic (exact) mass is 201 g/mol. The van der Waals surface area contributed by atoms with Crippen molar-refractivity contribution < 1.29 is 9.53 Å². The highest BCUT2D eigenvalue weighted by Gasteiger charge is 2.26. The number of hydrogen-bond donors (Lipinski definition) is 0. The molecule has 84 valence electrons. The van der Waals surface area contributed by atoms with Gasteiger partial charge in [0.1, 0.15) is 0 Å². The zero-order valence-electron chi connectivity index (χ0n) is 10.0. The fourth-order valence-corrected chi connectivity index (χ4v) is 1.63. The van der Waals surface area contributed by atoms with Crippen LogP contribution in [-0.2, 0) is 9.53 Å². The summed E-state index contributed by atoms with van der Waals surface area (Å²) in [7, 11) is 1.71. The first-order valence-electron chi connectivity index (χ1n) is 5.43. The summed E-state index contributed by atoms with van der Waals surface area (Å²) in [5.41, 5.74) is 0. The van der Waals surface area contributed by atoms with Gasteiger partial charge < -0.3 is 9.64 Å². The van der Waals surface area contributed by atoms with Gasteiger partial charge >= 0.3 is 0 Å². The van der Waals surface area contributed by atoms with Crippen molar-refractivity contribution in [2.24, 2.45) is 5.92 Å². The molecule has 0 aromatic heterocycles. The number of hydrogen-bond acceptors (Lipinski definition) is 2. The van der Waals surface area contributed by atoms with E-state index < -0.39 is 0 Å². The Bertz CT molecular complexity index is 171. The van der Waals surface area contributed by atoms with Gasteiger partial charge in [0.2, 0.25) is 5.91 Å². The first kappa shape index (κ1) is 13.4. The van der Waals surface area contributed by atoms with Gasteiger partial charge in [0.25, 0.3) is 0 Å². The topological polar surface area (TPSA) is 29.5 Å². The summed E-state index contributed by atoms with van der Waals surface area (Å²) in [5.74, 6) is 0.731. The van der Waals surface area contributed by atoms with Crippen molar-refractivity contribution in [3.05, 3.63) is 0 Å². The molecule has 0 saturated carbocycles. The molecule has 0 aliphatic carbocycles. The van der Waals surface area contributed by atoms with Crippen LogP contribution >= 0.6 is 0 Å². The van der Waals surface area contributed by atoms with Crippen molar-refractivity contribution in [3.63, 3.8) is 0 Å². The number of likely N-dealkylation sites (tertiary alicyclic amines) is 1. The van der Waals surface area contributed by atoms with E-state index in [0.717, 1.165) is 19.5 Å². The second kappa shape index (κ2) is 6.82. The molecule has 2 atom stereocenters. The molecule has 1 saturated heterocycles. The van der Waals surface area contributed by atoms with E-state index in [0.29, 0.717) is 5.92 Å². The van der Waals surface area contributed by atoms with E-state index >= 15 is 0 Å². The molecule has 0 aromatic carbocycles. The molecule has 0 bridgehead atoms. The molecule has 14 heavy (non-hydrogen) atoms. The number of carbonyl (C=O) groups is 1. The predicted octanol–water partition coefficient (Wildman–Crippen LogP) is 1.92. The summed E-state index contributed by atoms with van der Waals surface area (Å²) < 4.78 is 5.29. The van der Waals surface area contributed by atoms with E-state index in [1.807, 2.05) is 18.7 Å². The maximum atomic E-state index is 11.0. The lowest BCUT2D eigenvalue weighted by Gasteiger charge is -2.35. The molecule has 1 heterocycles. The highest BCUT2D eigenvalue weighted by molar-refractivity contribution is 5.73. The third-order valence-corrected chi connectivity index (χ3v) is 2.64. The second-order valence-corrected chi connectivity index (χ2v) is 3.51. The van der Waals surface area contributed by atoms with E-state index in [1.54, 1.807) is 14.0 Å². The quantitative estimate of drug-likeness (QED) is 0.648. The maximum absolute atomic E-state index is 11.0. The fourth-order valence-electron chi connectivity index (χ4n) is 1.63. The third kappa shape index (κ3) is 3.66. The maximum Gasteiger partial charge on any atom is 0.219 e. The zero-order valence-corrected chi connectivity index (χ0v) is 10.0. The largest absolute Gasteiger partial charge is 0.379 e. The predicted molar refractivity (Wildman–Crippen MR) is 58.2 cm³/mol. The van der Waals surface area contributed by atoms with Crippen LogP contribution in [0.3, 0.4) is 0 Å². The molecule has 0 spiro atoms. The Kier molecular flexibility index (Phi) is 6.54. The van der Waals surface area contributed by atoms with Crippen LogP contribution in [0.25, 0.3) is 0 Å². The first-order valence-corrected chi connectivity index (χ1v) is 5.43. The SMILES string of the molecule is CC.COC1CN(C(C)=O)CCC1C. The normalized spacial score (nSPS) is 26.5. The number of carbonyl (C=O) groups excluding carboxylic acids is 1. The van der Waals surface area contributed by atoms with Crippen molar-refractivity contribution in [1.29, 1.82) is 0 Å². The minimum Gasteiger partial charge on any atom is -0.379 e. The van der Waals surface area contributed by atoms with Crippen LogP contribution in [0, 0.1) is 5.92 Å². The molecule has 1 aliphatic heterocycles. The highest BCUT2D eigenvalue weighted by Crippen LogP contribution is 2.19. The molecule has 1 fully saturated rings. The van der Waals surface area contributed by atoms with Gasteiger partial charge in [-0.15, -0.1) is 0 Å². The molecule has 1 rings (SSSR count). The van der Waals surface area contributed by atoms with Crippen LogP contribution in [0.5, 0.6) is 0 Å². The van der Waals surface area contributed by atoms with E-state index in [-0.39, 0.29) is 12.0 Å². The van der Waals surface area contributed by atoms with Crippen molar-refractivity contribution in [1.82, 2.24) is 4.90 Å². The molecule has 1 amide bonds. The van der Waals surface area contributed by atoms with Gasteiger partial charge in [0.15, 0.2) is 0 Å². The van der Waals surface area contributed by atoms with Crippen molar-refractivity contribution in [3.8, 4) is 0 Å². The summed E-state index contributed by atoms with van der Waals surface area (Å²) in [4.78, 5) is 12.9. The van der Waals surface area contributed by atoms with Gasteiger partial charge in [0, 0.05) is 27.1 Å². The number of rotatable bonds is 1. The van der Waals surface area contributed by atoms with Crippen molar-refractivity contribution in [2.75, 3.05) is 20.2 Å². The minimum atomic E-state index is 0.156. The average molecular weight is 201 g/mol. The Morgan fingerprint density at radius 2 is 2.00 bits per heavy atom. The fraction of sp³-hybridized carbons (Fsp3) is 0.909. The van der Waals surface area contributed by atoms with Crippen LogP contribution in [0.2, 0.25) is 0 Å². The summed E-state index contributed by atoms with van der Waals surface area (Å²) >= 11 is 0. The van der Waals surface area contributed by atoms with E-state index in [1.165, 1.54) is 0 Å². The second-order valence-electron chi connectivity index (χ2n) is 3.51. The molecule has 3 nitrogen and oxygen atoms in total. The van der Waals surface area contributed by atoms with Crippen LogP contribution in [0.15, 0.2) is 0 Å². The zero-order chi connectivity index (χ0) is 11.1. The average Bonchev–Trinajstić information content (AvgIpc) is 2.21. The van der Waals surface area contributed by atoms with Gasteiger partial charge in [0.05, 0.1) is 6.10 Å². The lowest BCUT2D eigenvalue weighted by atomic mass is 9.96. The number of nitrogens with zero attached hydrogens (tertiary/aromatic N) is 1. The number of methoxy groups -OCH3 is 1. The Labute approximate surface area is 87.4 Å². The summed E-state index contributed by atoms with van der Waals surface area (Å²) in [6.45, 7) is 9.43. The van der Waals surface area contributed by atoms with E-state index in [4.69, 9.17) is 4.74 Å². The van der Waals surface area contributed by atoms with Gasteiger partial charge in [-0.2, -0.15) is 0 Å². The molecule has 0 radical (unpaired) electrons. The standard InChI is InChI=1S/C9H17NO2.C2H6/c1-7-4-5-10(8(2)11)6-9(7)12-3;1-2/h7,9H,4-6H2,1-3H3;1-2H3. The van der Waals surface area contributed by atoms with Gasteiger partial charge in [-0.1, -0.05) is 20.8 Å². The number of amides is 1. The Morgan fingerprint density at radius 3 is 2.43 bits per heavy atom. The Hall–Kier alpha value is -0.570. The first-order chi connectivity index (χ1) is 6.65. The Morgan fingerprint density at radius 1 is 1.43 bits per heavy atom. The minimum absolute atomic E-state index is 0.156. The number of piperidine rings is 1. The molecular weight excluding hydrogens is 178 g/mol. The van der Waals surface area contributed by atoms with E-state index in [9.17, 15) is 4.79 Å². The molecule has 0 aromatic rings. The van der Waals surface area contributed by atoms with Crippen LogP contribution in [-0.4, -0.2) is 37.1 Å². The van der Waals surface area contributed by atoms with Gasteiger partial charge in [-0.25, -0.2) is 0 Å². The molecule has 0 N–H and O–H groups in total. The van der Waals surface area contributed by atoms with Crippen LogP contribution in [0.1, 0.15) is 34.1 Å². The summed E-state index contributed by atoms with van der Waals surface area (Å²) in [6, 6.07) is 0. The van der Waals surface area contributed by atoms with Crippen molar-refractivity contribution >= 4 is 5.91 Å². The van der Waals surface area contributed by atoms with E-state index in [2.05, 4.69) is 6.92 Å². The molecule has 2 unspecified atom stereocenters. The molecule has 3 heteroatoms. The third-order valence-electron chi connectivity index (χ3n) is 2.64. The van der Waals surface area contributed by atoms with Crippen LogP contribution in [0.4, 0.5) is 0 Å². The smallest absolute Gasteiger partial charge is 0.219 e.